The maximum atomic E-state index is 12.0. The Bertz CT molecular complexity index is 897. The van der Waals surface area contributed by atoms with Gasteiger partial charge >= 0.3 is 6.03 Å². The summed E-state index contributed by atoms with van der Waals surface area (Å²) in [5, 5.41) is 8.23. The van der Waals surface area contributed by atoms with Crippen molar-refractivity contribution in [3.8, 4) is 0 Å². The maximum absolute atomic E-state index is 12.0. The number of ether oxygens (including phenoxy) is 1. The van der Waals surface area contributed by atoms with Gasteiger partial charge in [-0.2, -0.15) is 0 Å². The molecule has 0 spiro atoms. The van der Waals surface area contributed by atoms with Crippen molar-refractivity contribution in [2.24, 2.45) is 0 Å². The lowest BCUT2D eigenvalue weighted by Gasteiger charge is -2.09. The number of anilines is 3. The molecule has 3 aromatic rings. The minimum atomic E-state index is -0.336. The summed E-state index contributed by atoms with van der Waals surface area (Å²) in [6.45, 7) is 0.349. The fourth-order valence-electron chi connectivity index (χ4n) is 2.48. The van der Waals surface area contributed by atoms with Crippen molar-refractivity contribution in [2.45, 2.75) is 6.61 Å². The van der Waals surface area contributed by atoms with Crippen LogP contribution in [0.15, 0.2) is 84.9 Å². The van der Waals surface area contributed by atoms with Gasteiger partial charge in [0.1, 0.15) is 6.61 Å². The molecule has 3 amide bonds. The number of carbonyl (C=O) groups excluding carboxylic acids is 2. The highest BCUT2D eigenvalue weighted by atomic mass is 16.5. The summed E-state index contributed by atoms with van der Waals surface area (Å²) >= 11 is 0. The zero-order valence-corrected chi connectivity index (χ0v) is 15.2. The molecule has 142 valence electrons. The molecule has 28 heavy (non-hydrogen) atoms. The maximum Gasteiger partial charge on any atom is 0.323 e. The Kier molecular flexibility index (Phi) is 6.76. The molecule has 0 atom stereocenters. The average molecular weight is 375 g/mol. The van der Waals surface area contributed by atoms with E-state index in [9.17, 15) is 9.59 Å². The molecule has 0 saturated carbocycles. The van der Waals surface area contributed by atoms with Crippen LogP contribution in [0.3, 0.4) is 0 Å². The molecular weight excluding hydrogens is 354 g/mol. The first-order valence-corrected chi connectivity index (χ1v) is 8.84. The molecule has 3 aromatic carbocycles. The minimum Gasteiger partial charge on any atom is -0.367 e. The summed E-state index contributed by atoms with van der Waals surface area (Å²) in [6.07, 6.45) is 0. The fraction of sp³-hybridized carbons (Fsp3) is 0.0909. The van der Waals surface area contributed by atoms with E-state index in [0.717, 1.165) is 5.56 Å². The van der Waals surface area contributed by atoms with Crippen molar-refractivity contribution in [3.63, 3.8) is 0 Å². The van der Waals surface area contributed by atoms with Crippen LogP contribution in [0.2, 0.25) is 0 Å². The van der Waals surface area contributed by atoms with Crippen LogP contribution >= 0.6 is 0 Å². The lowest BCUT2D eigenvalue weighted by atomic mass is 10.2. The number of hydrogen-bond acceptors (Lipinski definition) is 3. The standard InChI is InChI=1S/C22H21N3O3/c26-21(16-28-15-17-7-3-1-4-8-17)23-19-11-13-20(14-12-19)25-22(27)24-18-9-5-2-6-10-18/h1-14H,15-16H2,(H,23,26)(H2,24,25,27). The highest BCUT2D eigenvalue weighted by molar-refractivity contribution is 6.00. The lowest BCUT2D eigenvalue weighted by molar-refractivity contribution is -0.121. The number of carbonyl (C=O) groups is 2. The van der Waals surface area contributed by atoms with Gasteiger partial charge in [-0.1, -0.05) is 48.5 Å². The molecule has 0 heterocycles. The normalized spacial score (nSPS) is 10.1. The smallest absolute Gasteiger partial charge is 0.323 e. The van der Waals surface area contributed by atoms with E-state index in [1.165, 1.54) is 0 Å². The number of hydrogen-bond donors (Lipinski definition) is 3. The summed E-state index contributed by atoms with van der Waals surface area (Å²) in [4.78, 5) is 23.9. The molecule has 0 aliphatic heterocycles. The third-order valence-corrected chi connectivity index (χ3v) is 3.80. The quantitative estimate of drug-likeness (QED) is 0.569. The number of benzene rings is 3. The van der Waals surface area contributed by atoms with Crippen LogP contribution in [0.1, 0.15) is 5.56 Å². The van der Waals surface area contributed by atoms with Gasteiger partial charge in [0.05, 0.1) is 6.61 Å². The van der Waals surface area contributed by atoms with E-state index in [1.54, 1.807) is 36.4 Å². The van der Waals surface area contributed by atoms with E-state index in [2.05, 4.69) is 16.0 Å². The third-order valence-electron chi connectivity index (χ3n) is 3.80. The van der Waals surface area contributed by atoms with Crippen LogP contribution in [-0.2, 0) is 16.1 Å². The van der Waals surface area contributed by atoms with Crippen LogP contribution in [0, 0.1) is 0 Å². The van der Waals surface area contributed by atoms with Crippen LogP contribution < -0.4 is 16.0 Å². The van der Waals surface area contributed by atoms with E-state index in [1.807, 2.05) is 48.5 Å². The van der Waals surface area contributed by atoms with Crippen molar-refractivity contribution < 1.29 is 14.3 Å². The number of para-hydroxylation sites is 1. The Hall–Kier alpha value is -3.64. The SMILES string of the molecule is O=C(COCc1ccccc1)Nc1ccc(NC(=O)Nc2ccccc2)cc1. The molecule has 0 bridgehead atoms. The van der Waals surface area contributed by atoms with Crippen LogP contribution in [0.5, 0.6) is 0 Å². The van der Waals surface area contributed by atoms with Crippen molar-refractivity contribution in [2.75, 3.05) is 22.6 Å². The molecule has 3 N–H and O–H groups in total. The molecule has 0 radical (unpaired) electrons. The Morgan fingerprint density at radius 2 is 1.14 bits per heavy atom. The predicted octanol–water partition coefficient (Wildman–Crippen LogP) is 4.49. The summed E-state index contributed by atoms with van der Waals surface area (Å²) in [5.74, 6) is -0.238. The first kappa shape index (κ1) is 19.1. The van der Waals surface area contributed by atoms with Gasteiger partial charge in [-0.05, 0) is 42.0 Å². The molecule has 0 saturated heterocycles. The van der Waals surface area contributed by atoms with Gasteiger partial charge in [-0.25, -0.2) is 4.79 Å². The summed E-state index contributed by atoms with van der Waals surface area (Å²) in [7, 11) is 0. The van der Waals surface area contributed by atoms with Gasteiger partial charge in [-0.3, -0.25) is 4.79 Å². The summed E-state index contributed by atoms with van der Waals surface area (Å²) in [6, 6.07) is 25.4. The molecule has 3 rings (SSSR count). The Morgan fingerprint density at radius 3 is 1.75 bits per heavy atom. The Balaban J connectivity index is 1.42. The zero-order valence-electron chi connectivity index (χ0n) is 15.2. The van der Waals surface area contributed by atoms with Gasteiger partial charge in [0, 0.05) is 17.1 Å². The first-order chi connectivity index (χ1) is 13.7. The molecule has 0 aromatic heterocycles. The second kappa shape index (κ2) is 9.89. The van der Waals surface area contributed by atoms with E-state index >= 15 is 0 Å². The topological polar surface area (TPSA) is 79.5 Å². The first-order valence-electron chi connectivity index (χ1n) is 8.84. The predicted molar refractivity (Wildman–Crippen MR) is 110 cm³/mol. The molecule has 6 nitrogen and oxygen atoms in total. The summed E-state index contributed by atoms with van der Waals surface area (Å²) < 4.78 is 5.41. The van der Waals surface area contributed by atoms with Crippen molar-refractivity contribution in [1.82, 2.24) is 0 Å². The lowest BCUT2D eigenvalue weighted by Crippen LogP contribution is -2.20. The molecule has 6 heteroatoms. The van der Waals surface area contributed by atoms with Crippen LogP contribution in [0.25, 0.3) is 0 Å². The molecule has 0 fully saturated rings. The second-order valence-electron chi connectivity index (χ2n) is 6.05. The monoisotopic (exact) mass is 375 g/mol. The van der Waals surface area contributed by atoms with Crippen LogP contribution in [0.4, 0.5) is 21.9 Å². The third kappa shape index (κ3) is 6.26. The number of amides is 3. The molecule has 0 unspecified atom stereocenters. The van der Waals surface area contributed by atoms with Crippen molar-refractivity contribution in [1.29, 1.82) is 0 Å². The zero-order chi connectivity index (χ0) is 19.6. The average Bonchev–Trinajstić information content (AvgIpc) is 2.71. The second-order valence-corrected chi connectivity index (χ2v) is 6.05. The molecular formula is C22H21N3O3. The number of nitrogens with one attached hydrogen (secondary N) is 3. The van der Waals surface area contributed by atoms with Gasteiger partial charge in [0.25, 0.3) is 0 Å². The van der Waals surface area contributed by atoms with Gasteiger partial charge in [0.15, 0.2) is 0 Å². The van der Waals surface area contributed by atoms with Gasteiger partial charge in [-0.15, -0.1) is 0 Å². The van der Waals surface area contributed by atoms with E-state index in [0.29, 0.717) is 23.7 Å². The highest BCUT2D eigenvalue weighted by Crippen LogP contribution is 2.14. The Labute approximate surface area is 163 Å². The van der Waals surface area contributed by atoms with E-state index in [-0.39, 0.29) is 18.5 Å². The number of rotatable bonds is 7. The molecule has 0 aliphatic carbocycles. The van der Waals surface area contributed by atoms with Crippen molar-refractivity contribution >= 4 is 29.0 Å². The summed E-state index contributed by atoms with van der Waals surface area (Å²) in [5.41, 5.74) is 2.97. The fourth-order valence-corrected chi connectivity index (χ4v) is 2.48. The van der Waals surface area contributed by atoms with Gasteiger partial charge < -0.3 is 20.7 Å². The highest BCUT2D eigenvalue weighted by Gasteiger charge is 2.05. The van der Waals surface area contributed by atoms with Crippen molar-refractivity contribution in [3.05, 3.63) is 90.5 Å². The minimum absolute atomic E-state index is 0.0334. The largest absolute Gasteiger partial charge is 0.367 e. The van der Waals surface area contributed by atoms with E-state index < -0.39 is 0 Å². The Morgan fingerprint density at radius 1 is 0.643 bits per heavy atom. The number of urea groups is 1. The van der Waals surface area contributed by atoms with E-state index in [4.69, 9.17) is 4.74 Å². The van der Waals surface area contributed by atoms with Crippen LogP contribution in [-0.4, -0.2) is 18.5 Å². The van der Waals surface area contributed by atoms with Gasteiger partial charge in [0.2, 0.25) is 5.91 Å². The molecule has 0 aliphatic rings.